The van der Waals surface area contributed by atoms with Crippen LogP contribution < -0.4 is 15.2 Å². The summed E-state index contributed by atoms with van der Waals surface area (Å²) in [4.78, 5) is 4.58. The van der Waals surface area contributed by atoms with Gasteiger partial charge >= 0.3 is 10.2 Å². The summed E-state index contributed by atoms with van der Waals surface area (Å²) in [5.74, 6) is 5.45. The van der Waals surface area contributed by atoms with Crippen LogP contribution in [0.1, 0.15) is 18.2 Å². The molecule has 0 aromatic carbocycles. The summed E-state index contributed by atoms with van der Waals surface area (Å²) in [6.45, 7) is 2.53. The Morgan fingerprint density at radius 2 is 2.35 bits per heavy atom. The van der Waals surface area contributed by atoms with Crippen molar-refractivity contribution in [2.24, 2.45) is 5.73 Å². The van der Waals surface area contributed by atoms with E-state index in [2.05, 4.69) is 26.3 Å². The van der Waals surface area contributed by atoms with E-state index in [9.17, 15) is 8.42 Å². The first-order chi connectivity index (χ1) is 8.07. The van der Waals surface area contributed by atoms with Crippen molar-refractivity contribution >= 4 is 26.7 Å². The van der Waals surface area contributed by atoms with Crippen molar-refractivity contribution in [1.82, 2.24) is 9.71 Å². The fraction of sp³-hybridized carbons (Fsp3) is 0.444. The molecule has 0 unspecified atom stereocenters. The first kappa shape index (κ1) is 13.9. The predicted octanol–water partition coefficient (Wildman–Crippen LogP) is 0.110. The predicted molar refractivity (Wildman–Crippen MR) is 68.9 cm³/mol. The topological polar surface area (TPSA) is 97.1 Å². The highest BCUT2D eigenvalue weighted by Crippen LogP contribution is 2.17. The minimum absolute atomic E-state index is 0.261. The SMILES string of the molecule is CCCNS(=O)(=O)Nc1ncc(C#CCN)s1. The Balaban J connectivity index is 2.66. The zero-order valence-electron chi connectivity index (χ0n) is 9.36. The Morgan fingerprint density at radius 3 is 3.00 bits per heavy atom. The van der Waals surface area contributed by atoms with Gasteiger partial charge in [-0.25, -0.2) is 9.71 Å². The van der Waals surface area contributed by atoms with Gasteiger partial charge in [0.15, 0.2) is 5.13 Å². The molecule has 0 aliphatic heterocycles. The molecule has 0 radical (unpaired) electrons. The average Bonchev–Trinajstić information content (AvgIpc) is 2.70. The lowest BCUT2D eigenvalue weighted by Gasteiger charge is -2.04. The van der Waals surface area contributed by atoms with E-state index in [0.29, 0.717) is 11.4 Å². The summed E-state index contributed by atoms with van der Waals surface area (Å²) < 4.78 is 27.6. The molecule has 0 bridgehead atoms. The molecule has 1 heterocycles. The van der Waals surface area contributed by atoms with Gasteiger partial charge in [-0.15, -0.1) is 0 Å². The lowest BCUT2D eigenvalue weighted by atomic mass is 10.5. The molecule has 0 aliphatic rings. The van der Waals surface area contributed by atoms with Crippen LogP contribution in [0.25, 0.3) is 0 Å². The molecule has 6 nitrogen and oxygen atoms in total. The van der Waals surface area contributed by atoms with Crippen molar-refractivity contribution in [3.8, 4) is 11.8 Å². The molecule has 1 aromatic rings. The third kappa shape index (κ3) is 5.14. The van der Waals surface area contributed by atoms with Crippen molar-refractivity contribution in [3.63, 3.8) is 0 Å². The van der Waals surface area contributed by atoms with Gasteiger partial charge in [-0.05, 0) is 6.42 Å². The highest BCUT2D eigenvalue weighted by Gasteiger charge is 2.10. The van der Waals surface area contributed by atoms with Gasteiger partial charge in [0, 0.05) is 6.54 Å². The van der Waals surface area contributed by atoms with Gasteiger partial charge in [-0.3, -0.25) is 0 Å². The quantitative estimate of drug-likeness (QED) is 0.664. The summed E-state index contributed by atoms with van der Waals surface area (Å²) in [6, 6.07) is 0. The number of hydrogen-bond donors (Lipinski definition) is 3. The molecule has 8 heteroatoms. The number of nitrogens with two attached hydrogens (primary N) is 1. The van der Waals surface area contributed by atoms with Crippen LogP contribution in [-0.2, 0) is 10.2 Å². The van der Waals surface area contributed by atoms with Gasteiger partial charge in [0.2, 0.25) is 0 Å². The minimum atomic E-state index is -3.53. The molecule has 1 aromatic heterocycles. The van der Waals surface area contributed by atoms with E-state index in [1.165, 1.54) is 6.20 Å². The van der Waals surface area contributed by atoms with Crippen molar-refractivity contribution in [3.05, 3.63) is 11.1 Å². The molecule has 0 aliphatic carbocycles. The van der Waals surface area contributed by atoms with E-state index in [1.807, 2.05) is 6.92 Å². The van der Waals surface area contributed by atoms with E-state index >= 15 is 0 Å². The second kappa shape index (κ2) is 6.56. The van der Waals surface area contributed by atoms with Crippen molar-refractivity contribution in [1.29, 1.82) is 0 Å². The second-order valence-electron chi connectivity index (χ2n) is 3.04. The number of anilines is 1. The van der Waals surface area contributed by atoms with Crippen LogP contribution in [0, 0.1) is 11.8 Å². The average molecular weight is 274 g/mol. The van der Waals surface area contributed by atoms with Crippen LogP contribution in [0.3, 0.4) is 0 Å². The van der Waals surface area contributed by atoms with E-state index in [-0.39, 0.29) is 11.7 Å². The number of thiazole rings is 1. The Hall–Kier alpha value is -1.14. The molecule has 0 atom stereocenters. The Labute approximate surface area is 105 Å². The maximum atomic E-state index is 11.5. The standard InChI is InChI=1S/C9H14N4O2S2/c1-2-6-12-17(14,15)13-9-11-7-8(16-9)4-3-5-10/h7,12H,2,5-6,10H2,1H3,(H,11,13). The van der Waals surface area contributed by atoms with Crippen LogP contribution in [0.15, 0.2) is 6.20 Å². The molecule has 0 spiro atoms. The highest BCUT2D eigenvalue weighted by atomic mass is 32.2. The maximum Gasteiger partial charge on any atom is 0.300 e. The van der Waals surface area contributed by atoms with Crippen LogP contribution in [0.4, 0.5) is 5.13 Å². The summed E-state index contributed by atoms with van der Waals surface area (Å²) in [5, 5.41) is 0.287. The number of aromatic nitrogens is 1. The first-order valence-corrected chi connectivity index (χ1v) is 7.29. The van der Waals surface area contributed by atoms with Gasteiger partial charge in [0.25, 0.3) is 0 Å². The molecular formula is C9H14N4O2S2. The maximum absolute atomic E-state index is 11.5. The highest BCUT2D eigenvalue weighted by molar-refractivity contribution is 7.91. The molecule has 4 N–H and O–H groups in total. The number of nitrogens with zero attached hydrogens (tertiary/aromatic N) is 1. The van der Waals surface area contributed by atoms with Crippen LogP contribution >= 0.6 is 11.3 Å². The van der Waals surface area contributed by atoms with Crippen molar-refractivity contribution < 1.29 is 8.42 Å². The second-order valence-corrected chi connectivity index (χ2v) is 5.57. The lowest BCUT2D eigenvalue weighted by molar-refractivity contribution is 0.586. The molecular weight excluding hydrogens is 260 g/mol. The molecule has 94 valence electrons. The largest absolute Gasteiger partial charge is 0.320 e. The smallest absolute Gasteiger partial charge is 0.300 e. The Bertz CT molecular complexity index is 513. The van der Waals surface area contributed by atoms with E-state index in [0.717, 1.165) is 17.8 Å². The summed E-state index contributed by atoms with van der Waals surface area (Å²) in [5.41, 5.74) is 5.23. The summed E-state index contributed by atoms with van der Waals surface area (Å²) in [6.07, 6.45) is 2.23. The van der Waals surface area contributed by atoms with Gasteiger partial charge < -0.3 is 5.73 Å². The van der Waals surface area contributed by atoms with Crippen molar-refractivity contribution in [2.45, 2.75) is 13.3 Å². The van der Waals surface area contributed by atoms with E-state index in [1.54, 1.807) is 0 Å². The third-order valence-corrected chi connectivity index (χ3v) is 3.59. The van der Waals surface area contributed by atoms with Gasteiger partial charge in [-0.2, -0.15) is 13.1 Å². The molecule has 0 saturated heterocycles. The first-order valence-electron chi connectivity index (χ1n) is 4.99. The fourth-order valence-corrected chi connectivity index (χ4v) is 2.77. The molecule has 0 saturated carbocycles. The Morgan fingerprint density at radius 1 is 1.59 bits per heavy atom. The monoisotopic (exact) mass is 274 g/mol. The molecule has 17 heavy (non-hydrogen) atoms. The van der Waals surface area contributed by atoms with E-state index < -0.39 is 10.2 Å². The van der Waals surface area contributed by atoms with Gasteiger partial charge in [0.1, 0.15) is 0 Å². The summed E-state index contributed by atoms with van der Waals surface area (Å²) >= 11 is 1.16. The van der Waals surface area contributed by atoms with Gasteiger partial charge in [0.05, 0.1) is 17.6 Å². The molecule has 0 fully saturated rings. The molecule has 1 rings (SSSR count). The lowest BCUT2D eigenvalue weighted by Crippen LogP contribution is -2.30. The van der Waals surface area contributed by atoms with E-state index in [4.69, 9.17) is 5.73 Å². The zero-order chi connectivity index (χ0) is 12.7. The third-order valence-electron chi connectivity index (χ3n) is 1.58. The number of hydrogen-bond acceptors (Lipinski definition) is 5. The normalized spacial score (nSPS) is 10.7. The Kier molecular flexibility index (Phi) is 5.37. The summed E-state index contributed by atoms with van der Waals surface area (Å²) in [7, 11) is -3.53. The van der Waals surface area contributed by atoms with Crippen molar-refractivity contribution in [2.75, 3.05) is 17.8 Å². The van der Waals surface area contributed by atoms with Gasteiger partial charge in [-0.1, -0.05) is 30.1 Å². The zero-order valence-corrected chi connectivity index (χ0v) is 11.0. The van der Waals surface area contributed by atoms with Crippen LogP contribution in [0.2, 0.25) is 0 Å². The van der Waals surface area contributed by atoms with Crippen LogP contribution in [0.5, 0.6) is 0 Å². The number of rotatable bonds is 5. The van der Waals surface area contributed by atoms with Crippen LogP contribution in [-0.4, -0.2) is 26.5 Å². The fourth-order valence-electron chi connectivity index (χ4n) is 0.905. The number of nitrogens with one attached hydrogen (secondary N) is 2. The molecule has 0 amide bonds. The minimum Gasteiger partial charge on any atom is -0.320 e.